The molecule has 0 unspecified atom stereocenters. The van der Waals surface area contributed by atoms with Gasteiger partial charge >= 0.3 is 6.18 Å². The van der Waals surface area contributed by atoms with Gasteiger partial charge in [0.05, 0.1) is 5.56 Å². The summed E-state index contributed by atoms with van der Waals surface area (Å²) < 4.78 is 38.8. The second-order valence-electron chi connectivity index (χ2n) is 7.03. The Balaban J connectivity index is 1.63. The zero-order chi connectivity index (χ0) is 21.1. The van der Waals surface area contributed by atoms with Gasteiger partial charge < -0.3 is 10.2 Å². The summed E-state index contributed by atoms with van der Waals surface area (Å²) in [4.78, 5) is 15.4. The number of nitrogens with one attached hydrogen (secondary N) is 2. The maximum atomic E-state index is 12.9. The summed E-state index contributed by atoms with van der Waals surface area (Å²) in [7, 11) is 0. The lowest BCUT2D eigenvalue weighted by Crippen LogP contribution is -2.21. The fourth-order valence-electron chi connectivity index (χ4n) is 3.16. The number of rotatable bonds is 5. The normalized spacial score (nSPS) is 14.6. The van der Waals surface area contributed by atoms with E-state index in [2.05, 4.69) is 35.4 Å². The molecular formula is C20H20F3N7. The summed E-state index contributed by atoms with van der Waals surface area (Å²) in [6.07, 6.45) is 0.863. The number of anilines is 3. The highest BCUT2D eigenvalue weighted by Crippen LogP contribution is 2.30. The van der Waals surface area contributed by atoms with Crippen LogP contribution in [0.2, 0.25) is 0 Å². The Labute approximate surface area is 171 Å². The van der Waals surface area contributed by atoms with Gasteiger partial charge in [-0.3, -0.25) is 5.10 Å². The number of hydrogen-bond acceptors (Lipinski definition) is 6. The first-order valence-electron chi connectivity index (χ1n) is 9.52. The fraction of sp³-hybridized carbons (Fsp3) is 0.300. The Bertz CT molecular complexity index is 1050. The van der Waals surface area contributed by atoms with Crippen molar-refractivity contribution in [2.45, 2.75) is 25.9 Å². The minimum absolute atomic E-state index is 0.321. The fourth-order valence-corrected chi connectivity index (χ4v) is 3.16. The van der Waals surface area contributed by atoms with E-state index in [0.717, 1.165) is 43.8 Å². The average Bonchev–Trinajstić information content (AvgIpc) is 3.38. The Hall–Kier alpha value is -3.43. The van der Waals surface area contributed by atoms with E-state index in [0.29, 0.717) is 29.1 Å². The maximum absolute atomic E-state index is 12.9. The third-order valence-corrected chi connectivity index (χ3v) is 4.61. The first-order valence-corrected chi connectivity index (χ1v) is 9.52. The SMILES string of the molecule is Cc1cc(Nc2nc(/C=C/c3cccc(C(F)(F)F)c3)nc(N3CCCC3)n2)n[nH]1. The van der Waals surface area contributed by atoms with Crippen molar-refractivity contribution in [2.75, 3.05) is 23.3 Å². The molecule has 0 amide bonds. The minimum atomic E-state index is -4.39. The van der Waals surface area contributed by atoms with Gasteiger partial charge in [-0.2, -0.15) is 33.2 Å². The zero-order valence-corrected chi connectivity index (χ0v) is 16.2. The van der Waals surface area contributed by atoms with Crippen LogP contribution in [0.3, 0.4) is 0 Å². The van der Waals surface area contributed by atoms with E-state index in [1.807, 2.05) is 13.0 Å². The van der Waals surface area contributed by atoms with Gasteiger partial charge in [0.2, 0.25) is 11.9 Å². The van der Waals surface area contributed by atoms with Crippen molar-refractivity contribution in [3.63, 3.8) is 0 Å². The van der Waals surface area contributed by atoms with E-state index in [1.54, 1.807) is 18.2 Å². The molecule has 1 saturated heterocycles. The van der Waals surface area contributed by atoms with Crippen molar-refractivity contribution < 1.29 is 13.2 Å². The molecule has 0 radical (unpaired) electrons. The van der Waals surface area contributed by atoms with Gasteiger partial charge in [0, 0.05) is 24.8 Å². The molecule has 3 heterocycles. The van der Waals surface area contributed by atoms with Crippen LogP contribution in [0.25, 0.3) is 12.2 Å². The van der Waals surface area contributed by atoms with E-state index in [-0.39, 0.29) is 0 Å². The number of alkyl halides is 3. The molecule has 0 saturated carbocycles. The number of aromatic nitrogens is 5. The Morgan fingerprint density at radius 1 is 1.07 bits per heavy atom. The van der Waals surface area contributed by atoms with Crippen LogP contribution in [0.5, 0.6) is 0 Å². The molecule has 0 bridgehead atoms. The van der Waals surface area contributed by atoms with E-state index in [1.165, 1.54) is 6.07 Å². The number of aryl methyl sites for hydroxylation is 1. The quantitative estimate of drug-likeness (QED) is 0.641. The van der Waals surface area contributed by atoms with Crippen molar-refractivity contribution in [1.82, 2.24) is 25.1 Å². The number of H-pyrrole nitrogens is 1. The molecule has 1 aliphatic heterocycles. The summed E-state index contributed by atoms with van der Waals surface area (Å²) in [5.41, 5.74) is 0.593. The molecular weight excluding hydrogens is 395 g/mol. The number of halogens is 3. The predicted octanol–water partition coefficient (Wildman–Crippen LogP) is 4.44. The number of aromatic amines is 1. The average molecular weight is 415 g/mol. The molecule has 2 N–H and O–H groups in total. The summed E-state index contributed by atoms with van der Waals surface area (Å²) in [6.45, 7) is 3.58. The topological polar surface area (TPSA) is 82.6 Å². The third-order valence-electron chi connectivity index (χ3n) is 4.61. The second-order valence-corrected chi connectivity index (χ2v) is 7.03. The van der Waals surface area contributed by atoms with Gasteiger partial charge in [0.15, 0.2) is 11.6 Å². The van der Waals surface area contributed by atoms with Crippen molar-refractivity contribution in [3.05, 3.63) is 53.0 Å². The molecule has 3 aromatic rings. The van der Waals surface area contributed by atoms with Crippen LogP contribution in [-0.2, 0) is 6.18 Å². The first kappa shape index (κ1) is 19.9. The third kappa shape index (κ3) is 4.76. The van der Waals surface area contributed by atoms with Crippen molar-refractivity contribution >= 4 is 29.9 Å². The van der Waals surface area contributed by atoms with Crippen LogP contribution >= 0.6 is 0 Å². The molecule has 0 spiro atoms. The first-order chi connectivity index (χ1) is 14.4. The molecule has 0 atom stereocenters. The van der Waals surface area contributed by atoms with Gasteiger partial charge in [-0.05, 0) is 43.5 Å². The van der Waals surface area contributed by atoms with Crippen molar-refractivity contribution in [3.8, 4) is 0 Å². The summed E-state index contributed by atoms with van der Waals surface area (Å²) in [5, 5.41) is 10.00. The molecule has 7 nitrogen and oxygen atoms in total. The minimum Gasteiger partial charge on any atom is -0.341 e. The van der Waals surface area contributed by atoms with Crippen LogP contribution in [-0.4, -0.2) is 38.2 Å². The lowest BCUT2D eigenvalue weighted by molar-refractivity contribution is -0.137. The molecule has 1 aromatic carbocycles. The van der Waals surface area contributed by atoms with Crippen LogP contribution in [0, 0.1) is 6.92 Å². The highest BCUT2D eigenvalue weighted by molar-refractivity contribution is 5.68. The molecule has 1 aliphatic rings. The smallest absolute Gasteiger partial charge is 0.341 e. The van der Waals surface area contributed by atoms with E-state index in [4.69, 9.17) is 0 Å². The molecule has 2 aromatic heterocycles. The molecule has 0 aliphatic carbocycles. The van der Waals surface area contributed by atoms with E-state index >= 15 is 0 Å². The highest BCUT2D eigenvalue weighted by atomic mass is 19.4. The van der Waals surface area contributed by atoms with Gasteiger partial charge in [-0.15, -0.1) is 0 Å². The second kappa shape index (κ2) is 8.13. The van der Waals surface area contributed by atoms with Gasteiger partial charge in [-0.1, -0.05) is 18.2 Å². The van der Waals surface area contributed by atoms with Crippen molar-refractivity contribution in [2.24, 2.45) is 0 Å². The highest BCUT2D eigenvalue weighted by Gasteiger charge is 2.30. The number of hydrogen-bond donors (Lipinski definition) is 2. The number of nitrogens with zero attached hydrogens (tertiary/aromatic N) is 5. The largest absolute Gasteiger partial charge is 0.416 e. The number of benzene rings is 1. The monoisotopic (exact) mass is 415 g/mol. The van der Waals surface area contributed by atoms with Gasteiger partial charge in [0.1, 0.15) is 0 Å². The lowest BCUT2D eigenvalue weighted by Gasteiger charge is -2.16. The standard InChI is InChI=1S/C20H20F3N7/c1-13-11-17(29-28-13)25-18-24-16(26-19(27-18)30-9-2-3-10-30)8-7-14-5-4-6-15(12-14)20(21,22)23/h4-8,11-12H,2-3,9-10H2,1H3,(H2,24,25,26,27,28,29)/b8-7+. The molecule has 30 heavy (non-hydrogen) atoms. The van der Waals surface area contributed by atoms with Gasteiger partial charge in [-0.25, -0.2) is 0 Å². The van der Waals surface area contributed by atoms with Crippen LogP contribution in [0.15, 0.2) is 30.3 Å². The van der Waals surface area contributed by atoms with Crippen molar-refractivity contribution in [1.29, 1.82) is 0 Å². The Morgan fingerprint density at radius 2 is 1.87 bits per heavy atom. The molecule has 1 fully saturated rings. The molecule has 156 valence electrons. The summed E-state index contributed by atoms with van der Waals surface area (Å²) in [6, 6.07) is 6.92. The van der Waals surface area contributed by atoms with Crippen LogP contribution in [0.1, 0.15) is 35.5 Å². The zero-order valence-electron chi connectivity index (χ0n) is 16.2. The van der Waals surface area contributed by atoms with Crippen LogP contribution < -0.4 is 10.2 Å². The Morgan fingerprint density at radius 3 is 2.57 bits per heavy atom. The summed E-state index contributed by atoms with van der Waals surface area (Å²) >= 11 is 0. The Kier molecular flexibility index (Phi) is 5.39. The van der Waals surface area contributed by atoms with Gasteiger partial charge in [0.25, 0.3) is 0 Å². The summed E-state index contributed by atoms with van der Waals surface area (Å²) in [5.74, 6) is 1.76. The predicted molar refractivity (Wildman–Crippen MR) is 108 cm³/mol. The van der Waals surface area contributed by atoms with Crippen LogP contribution in [0.4, 0.5) is 30.9 Å². The lowest BCUT2D eigenvalue weighted by atomic mass is 10.1. The molecule has 10 heteroatoms. The molecule has 4 rings (SSSR count). The maximum Gasteiger partial charge on any atom is 0.416 e. The van der Waals surface area contributed by atoms with E-state index < -0.39 is 11.7 Å². The van der Waals surface area contributed by atoms with E-state index in [9.17, 15) is 13.2 Å².